The van der Waals surface area contributed by atoms with Gasteiger partial charge in [0.25, 0.3) is 0 Å². The quantitative estimate of drug-likeness (QED) is 0.726. The van der Waals surface area contributed by atoms with Crippen LogP contribution in [0.3, 0.4) is 0 Å². The second-order valence-electron chi connectivity index (χ2n) is 3.27. The van der Waals surface area contributed by atoms with Crippen LogP contribution in [0.5, 0.6) is 0 Å². The normalized spacial score (nSPS) is 15.4. The minimum atomic E-state index is 0.480. The van der Waals surface area contributed by atoms with Gasteiger partial charge in [-0.25, -0.2) is 0 Å². The Morgan fingerprint density at radius 3 is 2.38 bits per heavy atom. The molecule has 0 aliphatic heterocycles. The lowest BCUT2D eigenvalue weighted by Crippen LogP contribution is -2.37. The van der Waals surface area contributed by atoms with Gasteiger partial charge in [0.2, 0.25) is 0 Å². The van der Waals surface area contributed by atoms with E-state index in [1.807, 2.05) is 35.2 Å². The van der Waals surface area contributed by atoms with Crippen molar-refractivity contribution >= 4 is 23.0 Å². The van der Waals surface area contributed by atoms with Gasteiger partial charge >= 0.3 is 0 Å². The first-order valence-corrected chi connectivity index (χ1v) is 4.83. The first-order valence-electron chi connectivity index (χ1n) is 4.43. The molecule has 68 valence electrons. The summed E-state index contributed by atoms with van der Waals surface area (Å²) in [4.78, 5) is 2.04. The zero-order valence-corrected chi connectivity index (χ0v) is 8.13. The summed E-state index contributed by atoms with van der Waals surface area (Å²) in [5.41, 5.74) is 6.78. The number of hydrogen-bond acceptors (Lipinski definition) is 1. The molecule has 1 aromatic rings. The number of nitrogens with zero attached hydrogens (tertiary/aromatic N) is 1. The van der Waals surface area contributed by atoms with Crippen LogP contribution in [0.2, 0.25) is 0 Å². The van der Waals surface area contributed by atoms with Gasteiger partial charge in [-0.3, -0.25) is 0 Å². The molecule has 0 unspecified atom stereocenters. The summed E-state index contributed by atoms with van der Waals surface area (Å²) in [5.74, 6) is 0. The SMILES string of the molecule is NC(=S)N(c1ccccc1)C1CC1. The summed E-state index contributed by atoms with van der Waals surface area (Å²) in [6.45, 7) is 0. The summed E-state index contributed by atoms with van der Waals surface area (Å²) in [7, 11) is 0. The maximum atomic E-state index is 5.67. The molecule has 2 nitrogen and oxygen atoms in total. The molecule has 13 heavy (non-hydrogen) atoms. The van der Waals surface area contributed by atoms with Gasteiger partial charge in [0.1, 0.15) is 0 Å². The molecule has 0 radical (unpaired) electrons. The largest absolute Gasteiger partial charge is 0.376 e. The minimum absolute atomic E-state index is 0.480. The van der Waals surface area contributed by atoms with E-state index in [1.165, 1.54) is 12.8 Å². The molecule has 3 heteroatoms. The molecule has 0 atom stereocenters. The molecule has 0 saturated heterocycles. The fraction of sp³-hybridized carbons (Fsp3) is 0.300. The molecule has 0 spiro atoms. The Bertz CT molecular complexity index is 306. The van der Waals surface area contributed by atoms with Crippen LogP contribution in [-0.2, 0) is 0 Å². The second-order valence-corrected chi connectivity index (χ2v) is 3.69. The van der Waals surface area contributed by atoms with E-state index in [-0.39, 0.29) is 0 Å². The molecule has 2 N–H and O–H groups in total. The predicted molar refractivity (Wildman–Crippen MR) is 58.7 cm³/mol. The molecule has 1 aromatic carbocycles. The number of thiocarbonyl (C=S) groups is 1. The van der Waals surface area contributed by atoms with Gasteiger partial charge in [-0.2, -0.15) is 0 Å². The Labute approximate surface area is 83.3 Å². The monoisotopic (exact) mass is 192 g/mol. The highest BCUT2D eigenvalue weighted by molar-refractivity contribution is 7.80. The highest BCUT2D eigenvalue weighted by atomic mass is 32.1. The number of rotatable bonds is 2. The molecule has 1 fully saturated rings. The molecular formula is C10H12N2S. The van der Waals surface area contributed by atoms with Crippen LogP contribution in [0.1, 0.15) is 12.8 Å². The number of hydrogen-bond donors (Lipinski definition) is 1. The van der Waals surface area contributed by atoms with Crippen LogP contribution in [0.15, 0.2) is 30.3 Å². The molecule has 0 aromatic heterocycles. The van der Waals surface area contributed by atoms with E-state index in [2.05, 4.69) is 0 Å². The fourth-order valence-corrected chi connectivity index (χ4v) is 1.69. The topological polar surface area (TPSA) is 29.3 Å². The summed E-state index contributed by atoms with van der Waals surface area (Å²) in [5, 5.41) is 0.480. The molecule has 1 aliphatic carbocycles. The van der Waals surface area contributed by atoms with Crippen molar-refractivity contribution in [1.29, 1.82) is 0 Å². The Morgan fingerprint density at radius 2 is 1.92 bits per heavy atom. The Kier molecular flexibility index (Phi) is 2.19. The van der Waals surface area contributed by atoms with Crippen LogP contribution in [0.4, 0.5) is 5.69 Å². The molecular weight excluding hydrogens is 180 g/mol. The average Bonchev–Trinajstić information content (AvgIpc) is 2.90. The number of para-hydroxylation sites is 1. The van der Waals surface area contributed by atoms with Crippen molar-refractivity contribution in [2.45, 2.75) is 18.9 Å². The smallest absolute Gasteiger partial charge is 0.171 e. The molecule has 2 rings (SSSR count). The Morgan fingerprint density at radius 1 is 1.31 bits per heavy atom. The predicted octanol–water partition coefficient (Wildman–Crippen LogP) is 1.90. The lowest BCUT2D eigenvalue weighted by molar-refractivity contribution is 1.00. The van der Waals surface area contributed by atoms with Gasteiger partial charge in [0, 0.05) is 11.7 Å². The van der Waals surface area contributed by atoms with E-state index >= 15 is 0 Å². The minimum Gasteiger partial charge on any atom is -0.376 e. The Hall–Kier alpha value is -1.09. The third-order valence-electron chi connectivity index (χ3n) is 2.18. The maximum absolute atomic E-state index is 5.67. The van der Waals surface area contributed by atoms with Crippen LogP contribution in [0, 0.1) is 0 Å². The lowest BCUT2D eigenvalue weighted by Gasteiger charge is -2.22. The molecule has 0 bridgehead atoms. The molecule has 0 amide bonds. The third-order valence-corrected chi connectivity index (χ3v) is 2.38. The van der Waals surface area contributed by atoms with Crippen molar-refractivity contribution in [2.24, 2.45) is 5.73 Å². The third kappa shape index (κ3) is 1.80. The highest BCUT2D eigenvalue weighted by Gasteiger charge is 2.30. The summed E-state index contributed by atoms with van der Waals surface area (Å²) < 4.78 is 0. The van der Waals surface area contributed by atoms with Crippen molar-refractivity contribution in [1.82, 2.24) is 0 Å². The maximum Gasteiger partial charge on any atom is 0.171 e. The summed E-state index contributed by atoms with van der Waals surface area (Å²) in [6, 6.07) is 10.6. The van der Waals surface area contributed by atoms with Gasteiger partial charge in [-0.05, 0) is 37.2 Å². The van der Waals surface area contributed by atoms with Gasteiger partial charge in [-0.15, -0.1) is 0 Å². The van der Waals surface area contributed by atoms with Crippen molar-refractivity contribution in [3.05, 3.63) is 30.3 Å². The van der Waals surface area contributed by atoms with E-state index in [9.17, 15) is 0 Å². The van der Waals surface area contributed by atoms with Gasteiger partial charge < -0.3 is 10.6 Å². The number of nitrogens with two attached hydrogens (primary N) is 1. The van der Waals surface area contributed by atoms with E-state index in [1.54, 1.807) is 0 Å². The fourth-order valence-electron chi connectivity index (χ4n) is 1.44. The lowest BCUT2D eigenvalue weighted by atomic mass is 10.3. The van der Waals surface area contributed by atoms with Crippen molar-refractivity contribution in [2.75, 3.05) is 4.90 Å². The van der Waals surface area contributed by atoms with Crippen LogP contribution >= 0.6 is 12.2 Å². The van der Waals surface area contributed by atoms with Crippen molar-refractivity contribution < 1.29 is 0 Å². The first-order chi connectivity index (χ1) is 6.29. The van der Waals surface area contributed by atoms with Gasteiger partial charge in [-0.1, -0.05) is 18.2 Å². The Balaban J connectivity index is 2.25. The van der Waals surface area contributed by atoms with E-state index in [4.69, 9.17) is 18.0 Å². The highest BCUT2D eigenvalue weighted by Crippen LogP contribution is 2.31. The van der Waals surface area contributed by atoms with Crippen LogP contribution < -0.4 is 10.6 Å². The van der Waals surface area contributed by atoms with Gasteiger partial charge in [0.15, 0.2) is 5.11 Å². The summed E-state index contributed by atoms with van der Waals surface area (Å²) in [6.07, 6.45) is 2.40. The van der Waals surface area contributed by atoms with E-state index in [0.717, 1.165) is 5.69 Å². The average molecular weight is 192 g/mol. The van der Waals surface area contributed by atoms with E-state index in [0.29, 0.717) is 11.2 Å². The van der Waals surface area contributed by atoms with Crippen molar-refractivity contribution in [3.63, 3.8) is 0 Å². The number of anilines is 1. The summed E-state index contributed by atoms with van der Waals surface area (Å²) >= 11 is 5.02. The van der Waals surface area contributed by atoms with Gasteiger partial charge in [0.05, 0.1) is 0 Å². The van der Waals surface area contributed by atoms with Crippen LogP contribution in [-0.4, -0.2) is 11.2 Å². The zero-order chi connectivity index (χ0) is 9.26. The molecule has 0 heterocycles. The standard InChI is InChI=1S/C10H12N2S/c11-10(13)12(9-6-7-9)8-4-2-1-3-5-8/h1-5,9H,6-7H2,(H2,11,13). The van der Waals surface area contributed by atoms with Crippen LogP contribution in [0.25, 0.3) is 0 Å². The first kappa shape index (κ1) is 8.51. The van der Waals surface area contributed by atoms with Crippen molar-refractivity contribution in [3.8, 4) is 0 Å². The second kappa shape index (κ2) is 3.34. The van der Waals surface area contributed by atoms with E-state index < -0.39 is 0 Å². The molecule has 1 saturated carbocycles. The number of benzene rings is 1. The molecule has 1 aliphatic rings. The zero-order valence-electron chi connectivity index (χ0n) is 7.31.